The summed E-state index contributed by atoms with van der Waals surface area (Å²) < 4.78 is 26.0. The lowest BCUT2D eigenvalue weighted by atomic mass is 10.1. The lowest BCUT2D eigenvalue weighted by Gasteiger charge is -2.16. The number of aliphatic carboxylic acids is 1. The van der Waals surface area contributed by atoms with E-state index in [1.165, 1.54) is 35.4 Å². The lowest BCUT2D eigenvalue weighted by Crippen LogP contribution is -2.33. The summed E-state index contributed by atoms with van der Waals surface area (Å²) in [7, 11) is -4.76. The predicted octanol–water partition coefficient (Wildman–Crippen LogP) is -1.24. The smallest absolute Gasteiger partial charge is 0.469 e. The number of hydrogen-bond donors (Lipinski definition) is 10. The molecule has 1 saturated heterocycles. The Hall–Kier alpha value is -4.33. The Kier molecular flexibility index (Phi) is 11.0. The second kappa shape index (κ2) is 14.2. The van der Waals surface area contributed by atoms with Crippen LogP contribution in [0.25, 0.3) is 11.2 Å². The first-order chi connectivity index (χ1) is 20.2. The summed E-state index contributed by atoms with van der Waals surface area (Å²) in [6.45, 7) is -0.651. The summed E-state index contributed by atoms with van der Waals surface area (Å²) in [4.78, 5) is 49.5. The van der Waals surface area contributed by atoms with Crippen molar-refractivity contribution in [3.05, 3.63) is 64.9 Å². The molecule has 0 bridgehead atoms. The van der Waals surface area contributed by atoms with E-state index >= 15 is 0 Å². The number of anilines is 1. The van der Waals surface area contributed by atoms with Crippen LogP contribution in [0.2, 0.25) is 0 Å². The highest BCUT2D eigenvalue weighted by atomic mass is 31.2. The summed E-state index contributed by atoms with van der Waals surface area (Å²) in [5.41, 5.74) is 11.0. The second-order valence-electron chi connectivity index (χ2n) is 8.87. The monoisotopic (exact) mass is 628 g/mol. The Morgan fingerprint density at radius 2 is 1.84 bits per heavy atom. The molecule has 0 saturated carbocycles. The van der Waals surface area contributed by atoms with Gasteiger partial charge in [0.15, 0.2) is 17.4 Å². The van der Waals surface area contributed by atoms with Crippen LogP contribution in [0.1, 0.15) is 11.8 Å². The van der Waals surface area contributed by atoms with Crippen molar-refractivity contribution in [3.8, 4) is 11.7 Å². The minimum atomic E-state index is -4.76. The average Bonchev–Trinajstić information content (AvgIpc) is 3.65. The molecule has 0 aliphatic carbocycles. The van der Waals surface area contributed by atoms with Crippen LogP contribution < -0.4 is 17.0 Å². The fourth-order valence-electron chi connectivity index (χ4n) is 3.64. The van der Waals surface area contributed by atoms with E-state index in [-0.39, 0.29) is 35.2 Å². The molecule has 20 heteroatoms. The third kappa shape index (κ3) is 9.33. The molecule has 0 amide bonds. The molecule has 0 spiro atoms. The molecule has 4 heterocycles. The molecule has 1 fully saturated rings. The number of furan rings is 1. The van der Waals surface area contributed by atoms with Crippen LogP contribution in [0.15, 0.2) is 58.2 Å². The number of carboxylic acid groups (broad SMARTS) is 1. The number of phosphoric acid groups is 1. The Bertz CT molecular complexity index is 1590. The number of nitrogens with one attached hydrogen (secondary N) is 1. The zero-order valence-electron chi connectivity index (χ0n) is 21.9. The van der Waals surface area contributed by atoms with Crippen LogP contribution in [-0.2, 0) is 25.0 Å². The molecular weight excluding hydrogens is 599 g/mol. The number of carboxylic acids is 1. The van der Waals surface area contributed by atoms with Crippen LogP contribution in [0, 0.1) is 0 Å². The number of aliphatic hydroxyl groups excluding tert-OH is 2. The van der Waals surface area contributed by atoms with Gasteiger partial charge in [0, 0.05) is 6.07 Å². The third-order valence-electron chi connectivity index (χ3n) is 5.68. The minimum Gasteiger partial charge on any atom is -0.508 e. The zero-order valence-corrected chi connectivity index (χ0v) is 22.8. The van der Waals surface area contributed by atoms with Crippen LogP contribution >= 0.6 is 7.82 Å². The first-order valence-corrected chi connectivity index (χ1v) is 13.6. The van der Waals surface area contributed by atoms with Crippen molar-refractivity contribution in [2.24, 2.45) is 5.73 Å². The highest BCUT2D eigenvalue weighted by Gasteiger charge is 2.45. The molecule has 43 heavy (non-hydrogen) atoms. The number of phosphoric ester groups is 1. The fourth-order valence-corrected chi connectivity index (χ4v) is 3.98. The van der Waals surface area contributed by atoms with Crippen molar-refractivity contribution < 1.29 is 58.4 Å². The Morgan fingerprint density at radius 1 is 1.16 bits per heavy atom. The molecule has 5 atom stereocenters. The summed E-state index contributed by atoms with van der Waals surface area (Å²) in [6, 6.07) is 8.52. The number of rotatable bonds is 7. The number of H-pyrrole nitrogens is 1. The van der Waals surface area contributed by atoms with Crippen LogP contribution in [0.4, 0.5) is 5.95 Å². The number of nitrogens with zero attached hydrogens (tertiary/aromatic N) is 3. The Labute approximate surface area is 240 Å². The SMILES string of the molecule is N[C@@H](Cc1ccc(O)cc1)C(=O)O.Nc1nc2c(ncn2[C@@H]2O[C@H](COP(=O)(O)O)[C@@H](O)[C@H]2O)c(=O)[nH]1.Oc1ccco1. The van der Waals surface area contributed by atoms with E-state index in [9.17, 15) is 24.4 Å². The number of aromatic amines is 1. The first-order valence-electron chi connectivity index (χ1n) is 12.1. The van der Waals surface area contributed by atoms with Gasteiger partial charge in [0.2, 0.25) is 5.95 Å². The molecule has 3 aromatic heterocycles. The second-order valence-corrected chi connectivity index (χ2v) is 10.1. The van der Waals surface area contributed by atoms with Crippen molar-refractivity contribution in [1.29, 1.82) is 0 Å². The number of aliphatic hydroxyl groups is 2. The summed E-state index contributed by atoms with van der Waals surface area (Å²) in [6.07, 6.45) is -2.53. The van der Waals surface area contributed by atoms with Gasteiger partial charge >= 0.3 is 13.8 Å². The number of benzene rings is 1. The van der Waals surface area contributed by atoms with Gasteiger partial charge in [0.05, 0.1) is 19.2 Å². The Morgan fingerprint density at radius 3 is 2.37 bits per heavy atom. The molecule has 5 rings (SSSR count). The number of nitrogen functional groups attached to an aromatic ring is 1. The van der Waals surface area contributed by atoms with Crippen molar-refractivity contribution in [3.63, 3.8) is 0 Å². The summed E-state index contributed by atoms with van der Waals surface area (Å²) >= 11 is 0. The topological polar surface area (TPSA) is 323 Å². The van der Waals surface area contributed by atoms with Crippen LogP contribution in [0.3, 0.4) is 0 Å². The van der Waals surface area contributed by atoms with Gasteiger partial charge in [-0.05, 0) is 30.2 Å². The van der Waals surface area contributed by atoms with Gasteiger partial charge in [-0.3, -0.25) is 23.7 Å². The molecule has 1 aromatic carbocycles. The van der Waals surface area contributed by atoms with Gasteiger partial charge in [0.1, 0.15) is 30.1 Å². The fraction of sp³-hybridized carbons (Fsp3) is 0.304. The van der Waals surface area contributed by atoms with Gasteiger partial charge in [0.25, 0.3) is 11.5 Å². The highest BCUT2D eigenvalue weighted by Crippen LogP contribution is 2.38. The maximum atomic E-state index is 11.7. The number of hydrogen-bond acceptors (Lipinski definition) is 14. The van der Waals surface area contributed by atoms with E-state index in [0.29, 0.717) is 0 Å². The molecule has 0 unspecified atom stereocenters. The van der Waals surface area contributed by atoms with Crippen molar-refractivity contribution in [1.82, 2.24) is 19.5 Å². The summed E-state index contributed by atoms with van der Waals surface area (Å²) in [5, 5.41) is 45.8. The average molecular weight is 628 g/mol. The number of aromatic hydroxyl groups is 2. The molecule has 19 nitrogen and oxygen atoms in total. The molecule has 234 valence electrons. The lowest BCUT2D eigenvalue weighted by molar-refractivity contribution is -0.138. The van der Waals surface area contributed by atoms with Crippen LogP contribution in [-0.4, -0.2) is 91.8 Å². The normalized spacial score (nSPS) is 20.5. The quantitative estimate of drug-likeness (QED) is 0.107. The number of phenolic OH excluding ortho intramolecular Hbond substituents is 1. The maximum absolute atomic E-state index is 11.7. The standard InChI is InChI=1S/C10H14N5O8P.C9H11NO3.C4H4O2/c11-10-13-7-4(8(18)14-10)12-2-15(7)9-6(17)5(16)3(23-9)1-22-24(19,20)21;10-8(9(12)13)5-6-1-3-7(11)4-2-6;5-4-2-1-3-6-4/h2-3,5-6,9,16-17H,1H2,(H2,19,20,21)(H3,11,13,14,18);1-4,8,11H,5,10H2,(H,12,13);1-3,5H/t3-,5-,6-,9-;8-;/m10./s1. The van der Waals surface area contributed by atoms with Crippen LogP contribution in [0.5, 0.6) is 11.7 Å². The van der Waals surface area contributed by atoms with E-state index in [2.05, 4.69) is 23.9 Å². The van der Waals surface area contributed by atoms with Crippen molar-refractivity contribution in [2.45, 2.75) is 37.0 Å². The number of nitrogens with two attached hydrogens (primary N) is 2. The van der Waals surface area contributed by atoms with Gasteiger partial charge in [-0.25, -0.2) is 9.55 Å². The minimum absolute atomic E-state index is 0.0176. The Balaban J connectivity index is 0.000000221. The molecule has 4 aromatic rings. The number of carbonyl (C=O) groups is 1. The number of fused-ring (bicyclic) bond motifs is 1. The molecule has 12 N–H and O–H groups in total. The number of imidazole rings is 1. The molecule has 1 aliphatic rings. The van der Waals surface area contributed by atoms with E-state index in [1.54, 1.807) is 18.2 Å². The van der Waals surface area contributed by atoms with E-state index in [1.807, 2.05) is 0 Å². The van der Waals surface area contributed by atoms with Gasteiger partial charge in [-0.1, -0.05) is 12.1 Å². The highest BCUT2D eigenvalue weighted by molar-refractivity contribution is 7.46. The van der Waals surface area contributed by atoms with Crippen molar-refractivity contribution in [2.75, 3.05) is 12.3 Å². The van der Waals surface area contributed by atoms with Gasteiger partial charge in [-0.15, -0.1) is 0 Å². The maximum Gasteiger partial charge on any atom is 0.469 e. The largest absolute Gasteiger partial charge is 0.508 e. The molecule has 0 radical (unpaired) electrons. The molecular formula is C23H29N6O13P. The molecule has 1 aliphatic heterocycles. The first kappa shape index (κ1) is 33.2. The number of aromatic nitrogens is 4. The van der Waals surface area contributed by atoms with E-state index < -0.39 is 56.5 Å². The van der Waals surface area contributed by atoms with E-state index in [0.717, 1.165) is 5.56 Å². The van der Waals surface area contributed by atoms with Crippen molar-refractivity contribution >= 4 is 30.9 Å². The third-order valence-corrected chi connectivity index (χ3v) is 6.17. The predicted molar refractivity (Wildman–Crippen MR) is 144 cm³/mol. The number of phenols is 1. The number of ether oxygens (including phenoxy) is 1. The van der Waals surface area contributed by atoms with Gasteiger partial charge < -0.3 is 55.9 Å². The van der Waals surface area contributed by atoms with E-state index in [4.69, 9.17) is 41.3 Å². The summed E-state index contributed by atoms with van der Waals surface area (Å²) in [5.74, 6) is -1.07. The zero-order chi connectivity index (χ0) is 31.9. The van der Waals surface area contributed by atoms with Gasteiger partial charge in [-0.2, -0.15) is 4.98 Å².